The maximum Gasteiger partial charge on any atom is 0.294 e. The first-order valence-electron chi connectivity index (χ1n) is 10.1. The summed E-state index contributed by atoms with van der Waals surface area (Å²) >= 11 is 0. The highest BCUT2D eigenvalue weighted by Gasteiger charge is 2.19. The van der Waals surface area contributed by atoms with E-state index in [4.69, 9.17) is 9.40 Å². The van der Waals surface area contributed by atoms with Crippen molar-refractivity contribution in [2.24, 2.45) is 0 Å². The quantitative estimate of drug-likeness (QED) is 0.581. The molecular formula is C23H24N4O2. The third kappa shape index (κ3) is 3.57. The highest BCUT2D eigenvalue weighted by molar-refractivity contribution is 6.01. The normalized spacial score (nSPS) is 16.0. The van der Waals surface area contributed by atoms with Crippen molar-refractivity contribution >= 4 is 22.1 Å². The van der Waals surface area contributed by atoms with Gasteiger partial charge in [-0.2, -0.15) is 0 Å². The van der Waals surface area contributed by atoms with E-state index < -0.39 is 0 Å². The monoisotopic (exact) mass is 388 g/mol. The second-order valence-corrected chi connectivity index (χ2v) is 7.77. The van der Waals surface area contributed by atoms with Gasteiger partial charge in [-0.1, -0.05) is 36.4 Å². The zero-order chi connectivity index (χ0) is 19.8. The van der Waals surface area contributed by atoms with Crippen LogP contribution in [0.5, 0.6) is 0 Å². The van der Waals surface area contributed by atoms with Gasteiger partial charge in [0.25, 0.3) is 5.56 Å². The number of furan rings is 1. The molecule has 0 saturated carbocycles. The zero-order valence-corrected chi connectivity index (χ0v) is 16.5. The molecule has 1 fully saturated rings. The van der Waals surface area contributed by atoms with Crippen LogP contribution < -0.4 is 5.56 Å². The van der Waals surface area contributed by atoms with E-state index >= 15 is 0 Å². The van der Waals surface area contributed by atoms with Gasteiger partial charge in [0, 0.05) is 38.1 Å². The van der Waals surface area contributed by atoms with Gasteiger partial charge in [-0.05, 0) is 30.2 Å². The molecule has 2 aromatic carbocycles. The Morgan fingerprint density at radius 3 is 2.45 bits per heavy atom. The molecule has 0 radical (unpaired) electrons. The zero-order valence-electron chi connectivity index (χ0n) is 16.5. The number of aromatic nitrogens is 2. The molecule has 5 rings (SSSR count). The average molecular weight is 388 g/mol. The maximum absolute atomic E-state index is 12.5. The van der Waals surface area contributed by atoms with Crippen molar-refractivity contribution < 1.29 is 4.42 Å². The molecule has 0 aliphatic carbocycles. The van der Waals surface area contributed by atoms with E-state index in [0.29, 0.717) is 29.1 Å². The largest absolute Gasteiger partial charge is 0.449 e. The van der Waals surface area contributed by atoms with E-state index in [1.165, 1.54) is 11.1 Å². The van der Waals surface area contributed by atoms with Crippen molar-refractivity contribution in [3.63, 3.8) is 0 Å². The Hall–Kier alpha value is -2.96. The second kappa shape index (κ2) is 7.46. The third-order valence-electron chi connectivity index (χ3n) is 5.77. The van der Waals surface area contributed by atoms with E-state index in [1.807, 2.05) is 24.3 Å². The lowest BCUT2D eigenvalue weighted by atomic mass is 10.1. The van der Waals surface area contributed by atoms with Crippen LogP contribution in [-0.2, 0) is 13.1 Å². The number of nitrogens with one attached hydrogen (secondary N) is 1. The molecule has 3 heterocycles. The molecule has 2 aromatic heterocycles. The van der Waals surface area contributed by atoms with Gasteiger partial charge in [-0.3, -0.25) is 14.6 Å². The number of aryl methyl sites for hydroxylation is 1. The minimum absolute atomic E-state index is 0.209. The molecule has 4 aromatic rings. The molecule has 0 unspecified atom stereocenters. The number of hydrogen-bond acceptors (Lipinski definition) is 5. The first-order valence-corrected chi connectivity index (χ1v) is 10.1. The smallest absolute Gasteiger partial charge is 0.294 e. The Balaban J connectivity index is 1.29. The van der Waals surface area contributed by atoms with Gasteiger partial charge in [0.2, 0.25) is 5.58 Å². The summed E-state index contributed by atoms with van der Waals surface area (Å²) in [5.74, 6) is 0.696. The van der Waals surface area contributed by atoms with E-state index in [9.17, 15) is 4.79 Å². The number of para-hydroxylation sites is 1. The molecule has 0 spiro atoms. The number of hydrogen-bond donors (Lipinski definition) is 1. The fraction of sp³-hybridized carbons (Fsp3) is 0.304. The van der Waals surface area contributed by atoms with Crippen LogP contribution in [0.3, 0.4) is 0 Å². The third-order valence-corrected chi connectivity index (χ3v) is 5.77. The van der Waals surface area contributed by atoms with Crippen LogP contribution in [0, 0.1) is 6.92 Å². The van der Waals surface area contributed by atoms with Crippen LogP contribution in [0.25, 0.3) is 22.1 Å². The van der Waals surface area contributed by atoms with Crippen molar-refractivity contribution in [2.45, 2.75) is 20.0 Å². The summed E-state index contributed by atoms with van der Waals surface area (Å²) in [6.45, 7) is 7.74. The predicted octanol–water partition coefficient (Wildman–Crippen LogP) is 3.30. The summed E-state index contributed by atoms with van der Waals surface area (Å²) in [6.07, 6.45) is 0. The lowest BCUT2D eigenvalue weighted by Crippen LogP contribution is -2.45. The van der Waals surface area contributed by atoms with Crippen LogP contribution in [0.15, 0.2) is 57.7 Å². The molecule has 0 bridgehead atoms. The SMILES string of the molecule is Cc1ccccc1CN1CCN(Cc2nc3c(oc4ccccc43)c(=O)[nH]2)CC1. The summed E-state index contributed by atoms with van der Waals surface area (Å²) in [4.78, 5) is 24.9. The van der Waals surface area contributed by atoms with Crippen LogP contribution in [0.2, 0.25) is 0 Å². The lowest BCUT2D eigenvalue weighted by Gasteiger charge is -2.34. The number of H-pyrrole nitrogens is 1. The summed E-state index contributed by atoms with van der Waals surface area (Å²) < 4.78 is 5.68. The van der Waals surface area contributed by atoms with Gasteiger partial charge < -0.3 is 9.40 Å². The van der Waals surface area contributed by atoms with Gasteiger partial charge in [0.05, 0.1) is 6.54 Å². The van der Waals surface area contributed by atoms with Crippen molar-refractivity contribution in [1.29, 1.82) is 0 Å². The van der Waals surface area contributed by atoms with Gasteiger partial charge in [0.15, 0.2) is 0 Å². The van der Waals surface area contributed by atoms with Crippen LogP contribution >= 0.6 is 0 Å². The van der Waals surface area contributed by atoms with Crippen LogP contribution in [-0.4, -0.2) is 45.9 Å². The molecule has 148 valence electrons. The summed E-state index contributed by atoms with van der Waals surface area (Å²) in [5, 5.41) is 0.887. The van der Waals surface area contributed by atoms with E-state index in [1.54, 1.807) is 0 Å². The number of piperazine rings is 1. The highest BCUT2D eigenvalue weighted by Crippen LogP contribution is 2.24. The van der Waals surface area contributed by atoms with Gasteiger partial charge in [0.1, 0.15) is 16.9 Å². The standard InChI is InChI=1S/C23H24N4O2/c1-16-6-2-3-7-17(16)14-26-10-12-27(13-11-26)15-20-24-21-18-8-4-5-9-19(18)29-22(21)23(28)25-20/h2-9H,10-15H2,1H3,(H,24,25,28). The molecular weight excluding hydrogens is 364 g/mol. The minimum atomic E-state index is -0.209. The van der Waals surface area contributed by atoms with Crippen molar-refractivity contribution in [1.82, 2.24) is 19.8 Å². The first kappa shape index (κ1) is 18.1. The molecule has 1 aliphatic rings. The first-order chi connectivity index (χ1) is 14.2. The van der Waals surface area contributed by atoms with Gasteiger partial charge in [-0.25, -0.2) is 4.98 Å². The second-order valence-electron chi connectivity index (χ2n) is 7.77. The Kier molecular flexibility index (Phi) is 4.66. The fourth-order valence-corrected chi connectivity index (χ4v) is 4.07. The number of aromatic amines is 1. The number of nitrogens with zero attached hydrogens (tertiary/aromatic N) is 3. The van der Waals surface area contributed by atoms with E-state index in [-0.39, 0.29) is 5.56 Å². The molecule has 29 heavy (non-hydrogen) atoms. The molecule has 0 atom stereocenters. The molecule has 0 amide bonds. The average Bonchev–Trinajstić information content (AvgIpc) is 3.11. The van der Waals surface area contributed by atoms with Crippen LogP contribution in [0.4, 0.5) is 0 Å². The highest BCUT2D eigenvalue weighted by atomic mass is 16.3. The fourth-order valence-electron chi connectivity index (χ4n) is 4.07. The van der Waals surface area contributed by atoms with Crippen LogP contribution in [0.1, 0.15) is 17.0 Å². The Morgan fingerprint density at radius 2 is 1.66 bits per heavy atom. The summed E-state index contributed by atoms with van der Waals surface area (Å²) in [6, 6.07) is 16.2. The lowest BCUT2D eigenvalue weighted by molar-refractivity contribution is 0.120. The minimum Gasteiger partial charge on any atom is -0.449 e. The molecule has 1 N–H and O–H groups in total. The Labute approximate surface area is 168 Å². The van der Waals surface area contributed by atoms with Crippen molar-refractivity contribution in [3.05, 3.63) is 75.8 Å². The number of benzene rings is 2. The molecule has 6 heteroatoms. The van der Waals surface area contributed by atoms with Crippen molar-refractivity contribution in [2.75, 3.05) is 26.2 Å². The summed E-state index contributed by atoms with van der Waals surface area (Å²) in [5.41, 5.74) is 4.18. The van der Waals surface area contributed by atoms with E-state index in [2.05, 4.69) is 46.0 Å². The van der Waals surface area contributed by atoms with Gasteiger partial charge >= 0.3 is 0 Å². The van der Waals surface area contributed by atoms with E-state index in [0.717, 1.165) is 38.1 Å². The topological polar surface area (TPSA) is 65.4 Å². The Morgan fingerprint density at radius 1 is 0.966 bits per heavy atom. The predicted molar refractivity (Wildman–Crippen MR) is 114 cm³/mol. The molecule has 1 aliphatic heterocycles. The molecule has 1 saturated heterocycles. The molecule has 6 nitrogen and oxygen atoms in total. The number of fused-ring (bicyclic) bond motifs is 3. The Bertz CT molecular complexity index is 1220. The van der Waals surface area contributed by atoms with Gasteiger partial charge in [-0.15, -0.1) is 0 Å². The maximum atomic E-state index is 12.5. The summed E-state index contributed by atoms with van der Waals surface area (Å²) in [7, 11) is 0. The number of rotatable bonds is 4. The van der Waals surface area contributed by atoms with Crippen molar-refractivity contribution in [3.8, 4) is 0 Å².